The first-order chi connectivity index (χ1) is 18.1. The summed E-state index contributed by atoms with van der Waals surface area (Å²) in [6, 6.07) is 23.1. The molecule has 0 atom stereocenters. The Morgan fingerprint density at radius 3 is 1.70 bits per heavy atom. The van der Waals surface area contributed by atoms with Crippen molar-refractivity contribution in [2.45, 2.75) is 6.92 Å². The number of hydrogen-bond donors (Lipinski definition) is 1. The maximum atomic E-state index is 8.06. The topological polar surface area (TPSA) is 23.9 Å². The average molecular weight is 478 g/mol. The van der Waals surface area contributed by atoms with Crippen molar-refractivity contribution in [2.75, 3.05) is 0 Å². The lowest BCUT2D eigenvalue weighted by Crippen LogP contribution is -2.01. The van der Waals surface area contributed by atoms with Gasteiger partial charge in [0.1, 0.15) is 0 Å². The molecule has 0 aliphatic rings. The number of allylic oxidation sites excluding steroid dienone is 3. The second kappa shape index (κ2) is 10.9. The molecule has 0 saturated heterocycles. The lowest BCUT2D eigenvalue weighted by molar-refractivity contribution is 1.48. The van der Waals surface area contributed by atoms with E-state index in [0.717, 1.165) is 72.0 Å². The minimum atomic E-state index is 0.805. The molecular weight excluding hydrogens is 446 g/mol. The van der Waals surface area contributed by atoms with E-state index in [4.69, 9.17) is 5.41 Å². The molecular formula is C36H31N. The second-order valence-electron chi connectivity index (χ2n) is 8.74. The van der Waals surface area contributed by atoms with Crippen molar-refractivity contribution in [3.05, 3.63) is 139 Å². The van der Waals surface area contributed by atoms with Gasteiger partial charge in [-0.05, 0) is 73.3 Å². The molecule has 4 rings (SSSR count). The molecule has 0 saturated carbocycles. The van der Waals surface area contributed by atoms with Gasteiger partial charge in [0.15, 0.2) is 0 Å². The molecule has 4 aromatic carbocycles. The van der Waals surface area contributed by atoms with E-state index in [1.807, 2.05) is 37.3 Å². The first-order valence-corrected chi connectivity index (χ1v) is 12.2. The molecule has 0 fully saturated rings. The number of rotatable bonds is 9. The van der Waals surface area contributed by atoms with Gasteiger partial charge in [-0.2, -0.15) is 0 Å². The number of benzene rings is 4. The van der Waals surface area contributed by atoms with Gasteiger partial charge in [0.05, 0.1) is 0 Å². The molecule has 0 bridgehead atoms. The lowest BCUT2D eigenvalue weighted by atomic mass is 9.80. The highest BCUT2D eigenvalue weighted by atomic mass is 14.3. The quantitative estimate of drug-likeness (QED) is 0.183. The largest absolute Gasteiger partial charge is 0.308 e. The van der Waals surface area contributed by atoms with Crippen LogP contribution in [0.5, 0.6) is 0 Å². The third kappa shape index (κ3) is 4.26. The van der Waals surface area contributed by atoms with E-state index in [-0.39, 0.29) is 0 Å². The van der Waals surface area contributed by atoms with E-state index in [1.165, 1.54) is 6.21 Å². The average Bonchev–Trinajstić information content (AvgIpc) is 2.95. The third-order valence-corrected chi connectivity index (χ3v) is 6.90. The fraction of sp³-hybridized carbons (Fsp3) is 0.0278. The van der Waals surface area contributed by atoms with Crippen LogP contribution in [0.4, 0.5) is 0 Å². The maximum Gasteiger partial charge on any atom is 0.0259 e. The summed E-state index contributed by atoms with van der Waals surface area (Å²) in [7, 11) is 0. The Kier molecular flexibility index (Phi) is 7.46. The van der Waals surface area contributed by atoms with Gasteiger partial charge in [-0.1, -0.05) is 130 Å². The second-order valence-corrected chi connectivity index (χ2v) is 8.74. The zero-order valence-electron chi connectivity index (χ0n) is 21.4. The van der Waals surface area contributed by atoms with Gasteiger partial charge in [-0.3, -0.25) is 0 Å². The van der Waals surface area contributed by atoms with Gasteiger partial charge in [-0.15, -0.1) is 0 Å². The minimum absolute atomic E-state index is 0.805. The zero-order valence-corrected chi connectivity index (χ0v) is 21.4. The number of fused-ring (bicyclic) bond motifs is 1. The predicted molar refractivity (Wildman–Crippen MR) is 167 cm³/mol. The van der Waals surface area contributed by atoms with Crippen molar-refractivity contribution in [1.82, 2.24) is 0 Å². The summed E-state index contributed by atoms with van der Waals surface area (Å²) in [4.78, 5) is 0. The molecule has 180 valence electrons. The van der Waals surface area contributed by atoms with Crippen LogP contribution >= 0.6 is 0 Å². The predicted octanol–water partition coefficient (Wildman–Crippen LogP) is 10.4. The monoisotopic (exact) mass is 477 g/mol. The van der Waals surface area contributed by atoms with Crippen molar-refractivity contribution in [3.63, 3.8) is 0 Å². The van der Waals surface area contributed by atoms with Crippen LogP contribution in [0.3, 0.4) is 0 Å². The van der Waals surface area contributed by atoms with E-state index in [1.54, 1.807) is 6.08 Å². The van der Waals surface area contributed by atoms with E-state index < -0.39 is 0 Å². The maximum absolute atomic E-state index is 8.06. The molecule has 0 spiro atoms. The fourth-order valence-electron chi connectivity index (χ4n) is 5.15. The molecule has 1 nitrogen and oxygen atoms in total. The van der Waals surface area contributed by atoms with Crippen molar-refractivity contribution in [1.29, 1.82) is 5.41 Å². The summed E-state index contributed by atoms with van der Waals surface area (Å²) in [5, 5.41) is 10.3. The molecule has 0 radical (unpaired) electrons. The molecule has 1 heteroatoms. The van der Waals surface area contributed by atoms with E-state index >= 15 is 0 Å². The van der Waals surface area contributed by atoms with Crippen molar-refractivity contribution < 1.29 is 0 Å². The van der Waals surface area contributed by atoms with Crippen molar-refractivity contribution in [2.24, 2.45) is 0 Å². The van der Waals surface area contributed by atoms with Crippen molar-refractivity contribution >= 4 is 46.9 Å². The normalized spacial score (nSPS) is 11.4. The summed E-state index contributed by atoms with van der Waals surface area (Å²) in [5.74, 6) is 0. The zero-order chi connectivity index (χ0) is 26.5. The molecule has 0 heterocycles. The summed E-state index contributed by atoms with van der Waals surface area (Å²) in [5.41, 5.74) is 11.0. The van der Waals surface area contributed by atoms with Gasteiger partial charge in [0.25, 0.3) is 0 Å². The van der Waals surface area contributed by atoms with Crippen LogP contribution in [0.2, 0.25) is 0 Å². The summed E-state index contributed by atoms with van der Waals surface area (Å²) in [6.07, 6.45) is 10.7. The molecule has 1 N–H and O–H groups in total. The standard InChI is InChI=1S/C36H31N/c1-7-24(6)34(23-37)30-21-22-33(27(9-3)26(30)8-2)36-29(11-5)28(10-4)35(25-17-13-12-14-18-25)31-19-15-16-20-32(31)36/h7-23,37H,1-5H2,6H3/b34-24+,37-23?. The van der Waals surface area contributed by atoms with Gasteiger partial charge in [0, 0.05) is 11.8 Å². The highest BCUT2D eigenvalue weighted by Crippen LogP contribution is 2.45. The summed E-state index contributed by atoms with van der Waals surface area (Å²) >= 11 is 0. The number of nitrogens with one attached hydrogen (secondary N) is 1. The molecule has 4 aromatic rings. The van der Waals surface area contributed by atoms with Gasteiger partial charge >= 0.3 is 0 Å². The first kappa shape index (κ1) is 25.3. The van der Waals surface area contributed by atoms with Crippen LogP contribution in [0.15, 0.2) is 111 Å². The Labute approximate surface area is 220 Å². The molecule has 0 aromatic heterocycles. The van der Waals surface area contributed by atoms with Crippen LogP contribution < -0.4 is 0 Å². The Balaban J connectivity index is 2.21. The molecule has 0 aliphatic carbocycles. The SMILES string of the molecule is C=C/C(C)=C(\C=N)c1ccc(-c2c(C=C)c(C=C)c(-c3ccccc3)c3ccccc23)c(C=C)c1C=C. The highest BCUT2D eigenvalue weighted by Gasteiger charge is 2.21. The van der Waals surface area contributed by atoms with E-state index in [2.05, 4.69) is 93.6 Å². The molecule has 0 aliphatic heterocycles. The fourth-order valence-corrected chi connectivity index (χ4v) is 5.15. The van der Waals surface area contributed by atoms with Crippen LogP contribution in [0.1, 0.15) is 34.7 Å². The van der Waals surface area contributed by atoms with Crippen LogP contribution in [-0.4, -0.2) is 6.21 Å². The molecule has 0 unspecified atom stereocenters. The first-order valence-electron chi connectivity index (χ1n) is 12.2. The van der Waals surface area contributed by atoms with Gasteiger partial charge in [0.2, 0.25) is 0 Å². The Bertz CT molecular complexity index is 1610. The Hall–Kier alpha value is -4.75. The summed E-state index contributed by atoms with van der Waals surface area (Å²) in [6.45, 7) is 22.6. The Morgan fingerprint density at radius 2 is 1.16 bits per heavy atom. The third-order valence-electron chi connectivity index (χ3n) is 6.90. The Morgan fingerprint density at radius 1 is 0.622 bits per heavy atom. The summed E-state index contributed by atoms with van der Waals surface area (Å²) < 4.78 is 0. The van der Waals surface area contributed by atoms with Crippen LogP contribution in [0.25, 0.3) is 62.9 Å². The number of hydrogen-bond acceptors (Lipinski definition) is 1. The van der Waals surface area contributed by atoms with Crippen LogP contribution in [-0.2, 0) is 0 Å². The van der Waals surface area contributed by atoms with E-state index in [9.17, 15) is 0 Å². The highest BCUT2D eigenvalue weighted by molar-refractivity contribution is 6.15. The molecule has 37 heavy (non-hydrogen) atoms. The van der Waals surface area contributed by atoms with Gasteiger partial charge in [-0.25, -0.2) is 0 Å². The van der Waals surface area contributed by atoms with Crippen molar-refractivity contribution in [3.8, 4) is 22.3 Å². The minimum Gasteiger partial charge on any atom is -0.308 e. The lowest BCUT2D eigenvalue weighted by Gasteiger charge is -2.23. The van der Waals surface area contributed by atoms with Gasteiger partial charge < -0.3 is 5.41 Å². The van der Waals surface area contributed by atoms with Crippen LogP contribution in [0, 0.1) is 5.41 Å². The molecule has 0 amide bonds. The van der Waals surface area contributed by atoms with E-state index in [0.29, 0.717) is 0 Å². The smallest absolute Gasteiger partial charge is 0.0259 e.